The van der Waals surface area contributed by atoms with Gasteiger partial charge in [-0.2, -0.15) is 8.42 Å². The Labute approximate surface area is 101 Å². The third-order valence-corrected chi connectivity index (χ3v) is 4.70. The molecule has 0 spiro atoms. The number of fused-ring (bicyclic) bond motifs is 1. The van der Waals surface area contributed by atoms with Gasteiger partial charge < -0.3 is 4.74 Å². The predicted molar refractivity (Wildman–Crippen MR) is 58.5 cm³/mol. The molecule has 5 unspecified atom stereocenters. The molecule has 96 valence electrons. The fourth-order valence-electron chi connectivity index (χ4n) is 3.61. The van der Waals surface area contributed by atoms with Gasteiger partial charge in [0.2, 0.25) is 0 Å². The van der Waals surface area contributed by atoms with Gasteiger partial charge in [-0.1, -0.05) is 0 Å². The van der Waals surface area contributed by atoms with E-state index in [1.54, 1.807) is 0 Å². The normalized spacial score (nSPS) is 44.5. The SMILES string of the molecule is CS(=O)(=O)OC1C2CC3CC(C2)C(=O)OC1C3. The summed E-state index contributed by atoms with van der Waals surface area (Å²) in [4.78, 5) is 11.7. The third kappa shape index (κ3) is 2.08. The molecular weight excluding hydrogens is 244 g/mol. The van der Waals surface area contributed by atoms with Gasteiger partial charge in [0.25, 0.3) is 10.1 Å². The van der Waals surface area contributed by atoms with Crippen LogP contribution in [0.3, 0.4) is 0 Å². The lowest BCUT2D eigenvalue weighted by molar-refractivity contribution is -0.154. The van der Waals surface area contributed by atoms with E-state index < -0.39 is 16.2 Å². The van der Waals surface area contributed by atoms with Crippen molar-refractivity contribution in [2.24, 2.45) is 17.8 Å². The average Bonchev–Trinajstić information content (AvgIpc) is 2.35. The Morgan fingerprint density at radius 1 is 1.24 bits per heavy atom. The first-order chi connectivity index (χ1) is 7.92. The molecular formula is C11H16O5S. The maximum absolute atomic E-state index is 11.7. The summed E-state index contributed by atoms with van der Waals surface area (Å²) >= 11 is 0. The van der Waals surface area contributed by atoms with Gasteiger partial charge in [0.15, 0.2) is 0 Å². The molecule has 2 aliphatic heterocycles. The van der Waals surface area contributed by atoms with Crippen LogP contribution in [-0.2, 0) is 23.8 Å². The number of hydrogen-bond acceptors (Lipinski definition) is 5. The van der Waals surface area contributed by atoms with Crippen molar-refractivity contribution in [1.29, 1.82) is 0 Å². The third-order valence-electron chi connectivity index (χ3n) is 4.12. The molecule has 0 radical (unpaired) electrons. The topological polar surface area (TPSA) is 69.7 Å². The molecule has 2 saturated carbocycles. The number of rotatable bonds is 2. The van der Waals surface area contributed by atoms with Crippen LogP contribution in [0.1, 0.15) is 25.7 Å². The lowest BCUT2D eigenvalue weighted by Gasteiger charge is -2.40. The molecule has 4 rings (SSSR count). The van der Waals surface area contributed by atoms with Gasteiger partial charge in [0.05, 0.1) is 12.2 Å². The van der Waals surface area contributed by atoms with Gasteiger partial charge in [-0.3, -0.25) is 8.98 Å². The maximum Gasteiger partial charge on any atom is 0.309 e. The highest BCUT2D eigenvalue weighted by molar-refractivity contribution is 7.86. The number of ether oxygens (including phenoxy) is 1. The van der Waals surface area contributed by atoms with Crippen molar-refractivity contribution in [2.75, 3.05) is 6.26 Å². The minimum Gasteiger partial charge on any atom is -0.459 e. The summed E-state index contributed by atoms with van der Waals surface area (Å²) in [6.45, 7) is 0. The van der Waals surface area contributed by atoms with Crippen LogP contribution in [0, 0.1) is 17.8 Å². The van der Waals surface area contributed by atoms with E-state index in [4.69, 9.17) is 8.92 Å². The van der Waals surface area contributed by atoms with Crippen molar-refractivity contribution < 1.29 is 22.1 Å². The minimum absolute atomic E-state index is 0.0445. The Hall–Kier alpha value is -0.620. The molecule has 2 heterocycles. The molecule has 0 aromatic rings. The molecule has 5 atom stereocenters. The van der Waals surface area contributed by atoms with E-state index >= 15 is 0 Å². The number of carbonyl (C=O) groups excluding carboxylic acids is 1. The molecule has 6 heteroatoms. The summed E-state index contributed by atoms with van der Waals surface area (Å²) in [5.74, 6) is 0.437. The number of esters is 1. The molecule has 4 bridgehead atoms. The van der Waals surface area contributed by atoms with Crippen LogP contribution in [-0.4, -0.2) is 32.9 Å². The van der Waals surface area contributed by atoms with Gasteiger partial charge in [-0.15, -0.1) is 0 Å². The van der Waals surface area contributed by atoms with E-state index in [2.05, 4.69) is 0 Å². The van der Waals surface area contributed by atoms with Crippen LogP contribution in [0.2, 0.25) is 0 Å². The molecule has 5 nitrogen and oxygen atoms in total. The second kappa shape index (κ2) is 3.68. The molecule has 2 saturated heterocycles. The van der Waals surface area contributed by atoms with E-state index in [9.17, 15) is 13.2 Å². The summed E-state index contributed by atoms with van der Waals surface area (Å²) in [5.41, 5.74) is 0. The van der Waals surface area contributed by atoms with Crippen LogP contribution >= 0.6 is 0 Å². The van der Waals surface area contributed by atoms with E-state index in [0.29, 0.717) is 12.3 Å². The zero-order valence-electron chi connectivity index (χ0n) is 9.66. The molecule has 0 aromatic carbocycles. The molecule has 4 aliphatic rings. The molecule has 0 aromatic heterocycles. The highest BCUT2D eigenvalue weighted by Crippen LogP contribution is 2.48. The van der Waals surface area contributed by atoms with Gasteiger partial charge in [0, 0.05) is 0 Å². The Morgan fingerprint density at radius 3 is 2.71 bits per heavy atom. The zero-order valence-corrected chi connectivity index (χ0v) is 10.5. The van der Waals surface area contributed by atoms with Gasteiger partial charge in [-0.05, 0) is 37.5 Å². The van der Waals surface area contributed by atoms with Crippen molar-refractivity contribution in [3.63, 3.8) is 0 Å². The van der Waals surface area contributed by atoms with Crippen molar-refractivity contribution in [3.05, 3.63) is 0 Å². The average molecular weight is 260 g/mol. The number of hydrogen-bond donors (Lipinski definition) is 0. The smallest absolute Gasteiger partial charge is 0.309 e. The van der Waals surface area contributed by atoms with Crippen molar-refractivity contribution in [1.82, 2.24) is 0 Å². The van der Waals surface area contributed by atoms with Crippen LogP contribution < -0.4 is 0 Å². The zero-order chi connectivity index (χ0) is 12.2. The maximum atomic E-state index is 11.7. The first-order valence-corrected chi connectivity index (χ1v) is 7.83. The van der Waals surface area contributed by atoms with Crippen molar-refractivity contribution in [2.45, 2.75) is 37.9 Å². The second-order valence-corrected chi connectivity index (χ2v) is 7.11. The lowest BCUT2D eigenvalue weighted by Crippen LogP contribution is -2.45. The first kappa shape index (κ1) is 11.5. The van der Waals surface area contributed by atoms with E-state index in [1.165, 1.54) is 0 Å². The number of carbonyl (C=O) groups is 1. The van der Waals surface area contributed by atoms with E-state index in [0.717, 1.165) is 25.5 Å². The Morgan fingerprint density at radius 2 is 2.00 bits per heavy atom. The molecule has 2 aliphatic carbocycles. The fourth-order valence-corrected chi connectivity index (χ4v) is 4.29. The van der Waals surface area contributed by atoms with Gasteiger partial charge >= 0.3 is 5.97 Å². The van der Waals surface area contributed by atoms with Gasteiger partial charge in [0.1, 0.15) is 12.2 Å². The Kier molecular flexibility index (Phi) is 2.49. The molecule has 17 heavy (non-hydrogen) atoms. The molecule has 4 fully saturated rings. The van der Waals surface area contributed by atoms with Crippen molar-refractivity contribution >= 4 is 16.1 Å². The quantitative estimate of drug-likeness (QED) is 0.540. The summed E-state index contributed by atoms with van der Waals surface area (Å²) in [6, 6.07) is 0. The van der Waals surface area contributed by atoms with Crippen LogP contribution in [0.15, 0.2) is 0 Å². The monoisotopic (exact) mass is 260 g/mol. The van der Waals surface area contributed by atoms with Crippen LogP contribution in [0.4, 0.5) is 0 Å². The first-order valence-electron chi connectivity index (χ1n) is 6.01. The standard InChI is InChI=1S/C11H16O5S/c1-17(13,14)16-10-7-2-6-3-8(5-7)11(12)15-9(10)4-6/h6-10H,2-5H2,1H3. The van der Waals surface area contributed by atoms with Crippen LogP contribution in [0.25, 0.3) is 0 Å². The molecule has 0 amide bonds. The lowest BCUT2D eigenvalue weighted by atomic mass is 9.67. The van der Waals surface area contributed by atoms with Gasteiger partial charge in [-0.25, -0.2) is 0 Å². The summed E-state index contributed by atoms with van der Waals surface area (Å²) in [7, 11) is -3.49. The highest BCUT2D eigenvalue weighted by atomic mass is 32.2. The second-order valence-electron chi connectivity index (χ2n) is 5.51. The van der Waals surface area contributed by atoms with Crippen LogP contribution in [0.5, 0.6) is 0 Å². The Balaban J connectivity index is 1.89. The fraction of sp³-hybridized carbons (Fsp3) is 0.909. The van der Waals surface area contributed by atoms with E-state index in [1.807, 2.05) is 0 Å². The largest absolute Gasteiger partial charge is 0.459 e. The predicted octanol–water partition coefficient (Wildman–Crippen LogP) is 0.693. The van der Waals surface area contributed by atoms with Crippen molar-refractivity contribution in [3.8, 4) is 0 Å². The molecule has 0 N–H and O–H groups in total. The minimum atomic E-state index is -3.49. The Bertz CT molecular complexity index is 443. The summed E-state index contributed by atoms with van der Waals surface area (Å²) in [5, 5.41) is 0. The highest BCUT2D eigenvalue weighted by Gasteiger charge is 2.51. The summed E-state index contributed by atoms with van der Waals surface area (Å²) < 4.78 is 33.0. The summed E-state index contributed by atoms with van der Waals surface area (Å²) in [6.07, 6.45) is 3.55. The van der Waals surface area contributed by atoms with E-state index in [-0.39, 0.29) is 23.9 Å².